The van der Waals surface area contributed by atoms with Gasteiger partial charge in [0.2, 0.25) is 5.95 Å². The summed E-state index contributed by atoms with van der Waals surface area (Å²) in [5.41, 5.74) is 7.83. The third kappa shape index (κ3) is 2.75. The quantitative estimate of drug-likeness (QED) is 0.937. The number of benzene rings is 1. The molecule has 2 atom stereocenters. The molecule has 4 nitrogen and oxygen atoms in total. The maximum absolute atomic E-state index is 11.3. The highest BCUT2D eigenvalue weighted by Gasteiger charge is 2.11. The zero-order chi connectivity index (χ0) is 13.3. The van der Waals surface area contributed by atoms with Crippen LogP contribution in [-0.4, -0.2) is 25.3 Å². The average Bonchev–Trinajstić information content (AvgIpc) is 2.60. The Hall–Kier alpha value is -0.880. The minimum absolute atomic E-state index is 0.164. The van der Waals surface area contributed by atoms with E-state index in [1.165, 1.54) is 0 Å². The Balaban J connectivity index is 2.27. The molecule has 2 N–H and O–H groups in total. The lowest BCUT2D eigenvalue weighted by Crippen LogP contribution is -2.13. The van der Waals surface area contributed by atoms with Crippen LogP contribution in [0, 0.1) is 0 Å². The van der Waals surface area contributed by atoms with Gasteiger partial charge in [-0.1, -0.05) is 22.9 Å². The molecule has 1 aromatic carbocycles. The van der Waals surface area contributed by atoms with Gasteiger partial charge in [0.1, 0.15) is 0 Å². The molecular weight excluding hydrogens is 314 g/mol. The van der Waals surface area contributed by atoms with Gasteiger partial charge in [-0.15, -0.1) is 0 Å². The molecule has 2 unspecified atom stereocenters. The van der Waals surface area contributed by atoms with E-state index in [1.807, 2.05) is 29.7 Å². The first-order valence-corrected chi connectivity index (χ1v) is 8.14. The third-order valence-corrected chi connectivity index (χ3v) is 4.93. The van der Waals surface area contributed by atoms with Crippen LogP contribution in [0.15, 0.2) is 22.7 Å². The molecule has 0 radical (unpaired) electrons. The molecule has 0 aliphatic carbocycles. The largest absolute Gasteiger partial charge is 0.369 e. The van der Waals surface area contributed by atoms with Crippen molar-refractivity contribution in [2.24, 2.45) is 0 Å². The van der Waals surface area contributed by atoms with Crippen molar-refractivity contribution in [2.75, 3.05) is 12.0 Å². The van der Waals surface area contributed by atoms with Crippen molar-refractivity contribution in [3.8, 4) is 0 Å². The first-order valence-electron chi connectivity index (χ1n) is 5.72. The van der Waals surface area contributed by atoms with Gasteiger partial charge in [0.25, 0.3) is 0 Å². The van der Waals surface area contributed by atoms with Crippen LogP contribution in [0.1, 0.15) is 13.3 Å². The summed E-state index contributed by atoms with van der Waals surface area (Å²) in [6.07, 6.45) is 2.56. The number of hydrogen-bond acceptors (Lipinski definition) is 3. The van der Waals surface area contributed by atoms with E-state index < -0.39 is 10.8 Å². The fourth-order valence-corrected chi connectivity index (χ4v) is 2.62. The number of anilines is 1. The van der Waals surface area contributed by atoms with E-state index in [2.05, 4.69) is 20.9 Å². The van der Waals surface area contributed by atoms with Gasteiger partial charge < -0.3 is 10.3 Å². The number of nitrogens with zero attached hydrogens (tertiary/aromatic N) is 2. The second-order valence-electron chi connectivity index (χ2n) is 4.35. The predicted molar refractivity (Wildman–Crippen MR) is 80.0 cm³/mol. The van der Waals surface area contributed by atoms with Crippen molar-refractivity contribution in [3.63, 3.8) is 0 Å². The molecular formula is C12H16BrN3OS. The van der Waals surface area contributed by atoms with Crippen LogP contribution in [0.4, 0.5) is 5.95 Å². The lowest BCUT2D eigenvalue weighted by Gasteiger charge is -2.10. The fourth-order valence-electron chi connectivity index (χ4n) is 1.83. The molecule has 0 aliphatic heterocycles. The van der Waals surface area contributed by atoms with E-state index in [0.717, 1.165) is 28.5 Å². The number of fused-ring (bicyclic) bond motifs is 1. The maximum Gasteiger partial charge on any atom is 0.201 e. The Bertz CT molecular complexity index is 596. The van der Waals surface area contributed by atoms with E-state index in [9.17, 15) is 4.21 Å². The number of nitrogen functional groups attached to an aromatic ring is 1. The van der Waals surface area contributed by atoms with Gasteiger partial charge in [-0.25, -0.2) is 4.98 Å². The molecule has 1 aromatic heterocycles. The predicted octanol–water partition coefficient (Wildman–Crippen LogP) is 2.54. The number of hydrogen-bond donors (Lipinski definition) is 1. The summed E-state index contributed by atoms with van der Waals surface area (Å²) in [5.74, 6) is 0.511. The van der Waals surface area contributed by atoms with Gasteiger partial charge in [0, 0.05) is 33.3 Å². The molecule has 2 rings (SSSR count). The summed E-state index contributed by atoms with van der Waals surface area (Å²) in [6, 6.07) is 5.92. The molecule has 0 saturated carbocycles. The molecule has 0 saturated heterocycles. The van der Waals surface area contributed by atoms with Crippen molar-refractivity contribution in [2.45, 2.75) is 25.1 Å². The summed E-state index contributed by atoms with van der Waals surface area (Å²) in [7, 11) is -0.798. The lowest BCUT2D eigenvalue weighted by molar-refractivity contribution is 0.633. The molecule has 1 heterocycles. The topological polar surface area (TPSA) is 60.9 Å². The summed E-state index contributed by atoms with van der Waals surface area (Å²) in [5, 5.41) is 0.164. The van der Waals surface area contributed by atoms with Crippen molar-refractivity contribution in [3.05, 3.63) is 22.7 Å². The van der Waals surface area contributed by atoms with Gasteiger partial charge >= 0.3 is 0 Å². The Morgan fingerprint density at radius 2 is 2.28 bits per heavy atom. The van der Waals surface area contributed by atoms with Gasteiger partial charge in [-0.2, -0.15) is 0 Å². The zero-order valence-corrected chi connectivity index (χ0v) is 12.8. The number of rotatable bonds is 4. The van der Waals surface area contributed by atoms with Crippen LogP contribution in [0.25, 0.3) is 11.0 Å². The van der Waals surface area contributed by atoms with Gasteiger partial charge in [0.15, 0.2) is 0 Å². The molecule has 0 aliphatic rings. The van der Waals surface area contributed by atoms with Crippen LogP contribution in [0.3, 0.4) is 0 Å². The minimum Gasteiger partial charge on any atom is -0.369 e. The smallest absolute Gasteiger partial charge is 0.201 e. The highest BCUT2D eigenvalue weighted by molar-refractivity contribution is 9.10. The molecule has 98 valence electrons. The lowest BCUT2D eigenvalue weighted by atomic mass is 10.3. The zero-order valence-electron chi connectivity index (χ0n) is 10.4. The van der Waals surface area contributed by atoms with Crippen molar-refractivity contribution < 1.29 is 4.21 Å². The van der Waals surface area contributed by atoms with E-state index in [0.29, 0.717) is 5.95 Å². The first kappa shape index (κ1) is 13.5. The number of nitrogens with two attached hydrogens (primary N) is 1. The van der Waals surface area contributed by atoms with E-state index >= 15 is 0 Å². The standard InChI is InChI=1S/C12H16BrN3OS/c1-8(18(2)17)5-6-16-11-4-3-9(13)7-10(11)15-12(16)14/h3-4,7-8H,5-6H2,1-2H3,(H2,14,15). The molecule has 2 aromatic rings. The Morgan fingerprint density at radius 3 is 2.94 bits per heavy atom. The molecule has 0 fully saturated rings. The van der Waals surface area contributed by atoms with E-state index in [-0.39, 0.29) is 5.25 Å². The highest BCUT2D eigenvalue weighted by atomic mass is 79.9. The molecule has 6 heteroatoms. The summed E-state index contributed by atoms with van der Waals surface area (Å²) in [6.45, 7) is 2.73. The van der Waals surface area contributed by atoms with E-state index in [1.54, 1.807) is 6.26 Å². The monoisotopic (exact) mass is 329 g/mol. The number of aryl methyl sites for hydroxylation is 1. The highest BCUT2D eigenvalue weighted by Crippen LogP contribution is 2.22. The SMILES string of the molecule is CC(CCn1c(N)nc2cc(Br)ccc21)S(C)=O. The normalized spacial score (nSPS) is 14.8. The molecule has 0 spiro atoms. The van der Waals surface area contributed by atoms with Crippen LogP contribution in [0.5, 0.6) is 0 Å². The maximum atomic E-state index is 11.3. The summed E-state index contributed by atoms with van der Waals surface area (Å²) in [4.78, 5) is 4.33. The van der Waals surface area contributed by atoms with Crippen LogP contribution in [0.2, 0.25) is 0 Å². The van der Waals surface area contributed by atoms with E-state index in [4.69, 9.17) is 5.73 Å². The van der Waals surface area contributed by atoms with Crippen LogP contribution < -0.4 is 5.73 Å². The van der Waals surface area contributed by atoms with Crippen molar-refractivity contribution in [1.29, 1.82) is 0 Å². The Labute approximate surface area is 117 Å². The van der Waals surface area contributed by atoms with Gasteiger partial charge in [-0.05, 0) is 24.6 Å². The third-order valence-electron chi connectivity index (χ3n) is 3.07. The van der Waals surface area contributed by atoms with Crippen LogP contribution in [-0.2, 0) is 17.3 Å². The average molecular weight is 330 g/mol. The number of imidazole rings is 1. The number of halogens is 1. The van der Waals surface area contributed by atoms with Gasteiger partial charge in [0.05, 0.1) is 11.0 Å². The van der Waals surface area contributed by atoms with Crippen LogP contribution >= 0.6 is 15.9 Å². The van der Waals surface area contributed by atoms with Gasteiger partial charge in [-0.3, -0.25) is 4.21 Å². The van der Waals surface area contributed by atoms with Crippen molar-refractivity contribution in [1.82, 2.24) is 9.55 Å². The van der Waals surface area contributed by atoms with Crippen molar-refractivity contribution >= 4 is 43.7 Å². The fraction of sp³-hybridized carbons (Fsp3) is 0.417. The Morgan fingerprint density at radius 1 is 1.56 bits per heavy atom. The molecule has 0 bridgehead atoms. The summed E-state index contributed by atoms with van der Waals surface area (Å²) < 4.78 is 14.3. The molecule has 18 heavy (non-hydrogen) atoms. The summed E-state index contributed by atoms with van der Waals surface area (Å²) >= 11 is 3.42. The Kier molecular flexibility index (Phi) is 4.07. The first-order chi connectivity index (χ1) is 8.49. The minimum atomic E-state index is -0.798. The second-order valence-corrected chi connectivity index (χ2v) is 7.07. The number of aromatic nitrogens is 2. The second kappa shape index (κ2) is 5.40. The molecule has 0 amide bonds.